The molecule has 4 heteroatoms. The van der Waals surface area contributed by atoms with Crippen molar-refractivity contribution in [2.24, 2.45) is 0 Å². The molecule has 0 aliphatic heterocycles. The van der Waals surface area contributed by atoms with Gasteiger partial charge in [-0.15, -0.1) is 0 Å². The van der Waals surface area contributed by atoms with Crippen molar-refractivity contribution < 1.29 is 9.59 Å². The quantitative estimate of drug-likeness (QED) is 0.275. The van der Waals surface area contributed by atoms with Gasteiger partial charge in [-0.1, -0.05) is 84.9 Å². The van der Waals surface area contributed by atoms with E-state index in [0.717, 1.165) is 44.1 Å². The van der Waals surface area contributed by atoms with E-state index in [0.29, 0.717) is 11.4 Å². The summed E-state index contributed by atoms with van der Waals surface area (Å²) in [6.07, 6.45) is 0. The van der Waals surface area contributed by atoms with Crippen LogP contribution in [0.3, 0.4) is 0 Å². The molecule has 0 bridgehead atoms. The molecule has 0 radical (unpaired) electrons. The number of carbonyl (C=O) groups is 2. The molecule has 0 saturated heterocycles. The zero-order valence-corrected chi connectivity index (χ0v) is 19.4. The molecule has 0 amide bonds. The maximum atomic E-state index is 13.2. The van der Waals surface area contributed by atoms with E-state index in [1.807, 2.05) is 60.7 Å². The highest BCUT2D eigenvalue weighted by molar-refractivity contribution is 6.31. The van der Waals surface area contributed by atoms with Gasteiger partial charge in [0.1, 0.15) is 11.8 Å². The molecule has 7 rings (SSSR count). The Balaban J connectivity index is 1.17. The van der Waals surface area contributed by atoms with Crippen LogP contribution in [0.25, 0.3) is 44.1 Å². The number of rotatable bonds is 4. The molecule has 1 aliphatic carbocycles. The number of hydrogen-bond acceptors (Lipinski definition) is 2. The fourth-order valence-corrected chi connectivity index (χ4v) is 5.53. The summed E-state index contributed by atoms with van der Waals surface area (Å²) >= 11 is 0. The van der Waals surface area contributed by atoms with E-state index in [-0.39, 0.29) is 11.6 Å². The summed E-state index contributed by atoms with van der Waals surface area (Å²) in [4.78, 5) is 33.2. The van der Waals surface area contributed by atoms with E-state index in [9.17, 15) is 9.59 Å². The van der Waals surface area contributed by atoms with Gasteiger partial charge in [-0.3, -0.25) is 9.59 Å². The third-order valence-electron chi connectivity index (χ3n) is 7.34. The maximum Gasteiger partial charge on any atom is 0.165 e. The Morgan fingerprint density at radius 3 is 1.33 bits per heavy atom. The molecular formula is C32H22N2O2. The van der Waals surface area contributed by atoms with Gasteiger partial charge in [0.15, 0.2) is 11.6 Å². The maximum absolute atomic E-state index is 13.2. The lowest BCUT2D eigenvalue weighted by Gasteiger charge is -2.30. The third-order valence-corrected chi connectivity index (χ3v) is 7.34. The zero-order valence-electron chi connectivity index (χ0n) is 19.4. The average molecular weight is 467 g/mol. The number of ketones is 2. The molecule has 0 atom stereocenters. The van der Waals surface area contributed by atoms with Crippen LogP contribution in [0.15, 0.2) is 109 Å². The second-order valence-electron chi connectivity index (χ2n) is 9.38. The topological polar surface area (TPSA) is 65.7 Å². The first-order valence-electron chi connectivity index (χ1n) is 12.1. The molecule has 1 saturated carbocycles. The number of aromatic nitrogens is 2. The largest absolute Gasteiger partial charge is 0.357 e. The van der Waals surface area contributed by atoms with Gasteiger partial charge < -0.3 is 9.97 Å². The SMILES string of the molecule is O=C1C(c2ccc(-c3cccc4ccccc34)[nH]2)C(=O)C1c1ccc(-c2cccc3ccccc23)[nH]1. The Kier molecular flexibility index (Phi) is 4.55. The molecule has 2 aromatic heterocycles. The molecule has 1 aliphatic rings. The lowest BCUT2D eigenvalue weighted by atomic mass is 9.69. The molecule has 0 unspecified atom stereocenters. The van der Waals surface area contributed by atoms with E-state index in [1.54, 1.807) is 0 Å². The van der Waals surface area contributed by atoms with Gasteiger partial charge in [0.2, 0.25) is 0 Å². The molecule has 36 heavy (non-hydrogen) atoms. The minimum atomic E-state index is -0.747. The van der Waals surface area contributed by atoms with Gasteiger partial charge >= 0.3 is 0 Å². The standard InChI is InChI=1S/C32H22N2O2/c35-31-29(27-17-15-25(33-27)23-13-5-9-19-7-1-3-11-21(19)23)32(36)30(31)28-18-16-26(34-28)24-14-6-10-20-8-2-4-12-22(20)24/h1-18,29-30,33-34H. The molecule has 172 valence electrons. The highest BCUT2D eigenvalue weighted by Crippen LogP contribution is 2.42. The molecule has 4 aromatic carbocycles. The number of hydrogen-bond donors (Lipinski definition) is 2. The van der Waals surface area contributed by atoms with Crippen molar-refractivity contribution in [2.45, 2.75) is 11.8 Å². The second kappa shape index (κ2) is 7.92. The summed E-state index contributed by atoms with van der Waals surface area (Å²) in [5.41, 5.74) is 5.24. The van der Waals surface area contributed by atoms with E-state index in [2.05, 4.69) is 58.5 Å². The molecule has 1 fully saturated rings. The van der Waals surface area contributed by atoms with Crippen LogP contribution < -0.4 is 0 Å². The number of carbonyl (C=O) groups excluding carboxylic acids is 2. The number of Topliss-reactive ketones (excluding diaryl/α,β-unsaturated/α-hetero) is 2. The minimum absolute atomic E-state index is 0.0716. The smallest absolute Gasteiger partial charge is 0.165 e. The van der Waals surface area contributed by atoms with Crippen LogP contribution in [0.4, 0.5) is 0 Å². The molecule has 4 nitrogen and oxygen atoms in total. The minimum Gasteiger partial charge on any atom is -0.357 e. The lowest BCUT2D eigenvalue weighted by molar-refractivity contribution is -0.142. The average Bonchev–Trinajstić information content (AvgIpc) is 3.58. The predicted octanol–water partition coefficient (Wildman–Crippen LogP) is 7.00. The number of benzene rings is 4. The Hall–Kier alpha value is -4.70. The van der Waals surface area contributed by atoms with Crippen molar-refractivity contribution >= 4 is 33.1 Å². The predicted molar refractivity (Wildman–Crippen MR) is 143 cm³/mol. The van der Waals surface area contributed by atoms with Gasteiger partial charge in [0.25, 0.3) is 0 Å². The van der Waals surface area contributed by atoms with Gasteiger partial charge in [-0.05, 0) is 45.8 Å². The fourth-order valence-electron chi connectivity index (χ4n) is 5.53. The number of H-pyrrole nitrogens is 2. The zero-order chi connectivity index (χ0) is 24.2. The molecule has 2 N–H and O–H groups in total. The summed E-state index contributed by atoms with van der Waals surface area (Å²) in [7, 11) is 0. The van der Waals surface area contributed by atoms with Crippen LogP contribution in [0.1, 0.15) is 23.2 Å². The van der Waals surface area contributed by atoms with Crippen LogP contribution in [0, 0.1) is 0 Å². The first kappa shape index (κ1) is 20.7. The molecule has 6 aromatic rings. The highest BCUT2D eigenvalue weighted by atomic mass is 16.2. The van der Waals surface area contributed by atoms with Crippen LogP contribution in [0.5, 0.6) is 0 Å². The molecule has 0 spiro atoms. The summed E-state index contributed by atoms with van der Waals surface area (Å²) in [6, 6.07) is 36.3. The van der Waals surface area contributed by atoms with E-state index >= 15 is 0 Å². The summed E-state index contributed by atoms with van der Waals surface area (Å²) in [5, 5.41) is 4.56. The summed E-state index contributed by atoms with van der Waals surface area (Å²) in [6.45, 7) is 0. The monoisotopic (exact) mass is 466 g/mol. The normalized spacial score (nSPS) is 17.6. The van der Waals surface area contributed by atoms with Gasteiger partial charge in [-0.2, -0.15) is 0 Å². The van der Waals surface area contributed by atoms with Crippen molar-refractivity contribution in [3.63, 3.8) is 0 Å². The van der Waals surface area contributed by atoms with Gasteiger partial charge in [0.05, 0.1) is 0 Å². The van der Waals surface area contributed by atoms with Crippen molar-refractivity contribution in [1.82, 2.24) is 9.97 Å². The Morgan fingerprint density at radius 2 is 0.861 bits per heavy atom. The molecule has 2 heterocycles. The van der Waals surface area contributed by atoms with Crippen molar-refractivity contribution in [1.29, 1.82) is 0 Å². The van der Waals surface area contributed by atoms with E-state index in [1.165, 1.54) is 0 Å². The summed E-state index contributed by atoms with van der Waals surface area (Å²) in [5.74, 6) is -1.64. The number of nitrogens with one attached hydrogen (secondary N) is 2. The Morgan fingerprint density at radius 1 is 0.444 bits per heavy atom. The van der Waals surface area contributed by atoms with Crippen LogP contribution in [-0.4, -0.2) is 21.5 Å². The second-order valence-corrected chi connectivity index (χ2v) is 9.38. The number of aromatic amines is 2. The number of fused-ring (bicyclic) bond motifs is 2. The van der Waals surface area contributed by atoms with Crippen LogP contribution >= 0.6 is 0 Å². The lowest BCUT2D eigenvalue weighted by Crippen LogP contribution is -2.44. The van der Waals surface area contributed by atoms with Gasteiger partial charge in [-0.25, -0.2) is 0 Å². The highest BCUT2D eigenvalue weighted by Gasteiger charge is 2.51. The van der Waals surface area contributed by atoms with Crippen LogP contribution in [0.2, 0.25) is 0 Å². The first-order chi connectivity index (χ1) is 17.7. The van der Waals surface area contributed by atoms with Crippen molar-refractivity contribution in [2.75, 3.05) is 0 Å². The molecular weight excluding hydrogens is 444 g/mol. The Labute approximate surface area is 207 Å². The van der Waals surface area contributed by atoms with E-state index in [4.69, 9.17) is 0 Å². The van der Waals surface area contributed by atoms with Crippen molar-refractivity contribution in [3.8, 4) is 22.5 Å². The fraction of sp³-hybridized carbons (Fsp3) is 0.0625. The van der Waals surface area contributed by atoms with Crippen LogP contribution in [-0.2, 0) is 9.59 Å². The Bertz CT molecular complexity index is 1650. The summed E-state index contributed by atoms with van der Waals surface area (Å²) < 4.78 is 0. The van der Waals surface area contributed by atoms with Gasteiger partial charge in [0, 0.05) is 33.9 Å². The van der Waals surface area contributed by atoms with E-state index < -0.39 is 11.8 Å². The first-order valence-corrected chi connectivity index (χ1v) is 12.1. The third kappa shape index (κ3) is 3.08. The van der Waals surface area contributed by atoms with Crippen molar-refractivity contribution in [3.05, 3.63) is 121 Å².